The third-order valence-corrected chi connectivity index (χ3v) is 6.04. The van der Waals surface area contributed by atoms with Crippen LogP contribution in [0.4, 0.5) is 5.69 Å². The van der Waals surface area contributed by atoms with Crippen molar-refractivity contribution in [2.75, 3.05) is 5.32 Å². The molecule has 0 bridgehead atoms. The van der Waals surface area contributed by atoms with E-state index in [0.29, 0.717) is 17.5 Å². The smallest absolute Gasteiger partial charge is 0.253 e. The Morgan fingerprint density at radius 1 is 1.09 bits per heavy atom. The summed E-state index contributed by atoms with van der Waals surface area (Å²) in [6.45, 7) is 6.20. The monoisotopic (exact) mass is 474 g/mol. The van der Waals surface area contributed by atoms with Crippen LogP contribution in [0.2, 0.25) is 0 Å². The van der Waals surface area contributed by atoms with Gasteiger partial charge in [-0.05, 0) is 57.2 Å². The summed E-state index contributed by atoms with van der Waals surface area (Å²) in [5, 5.41) is 16.3. The van der Waals surface area contributed by atoms with Crippen LogP contribution in [0, 0.1) is 13.8 Å². The summed E-state index contributed by atoms with van der Waals surface area (Å²) in [6, 6.07) is 21.7. The third-order valence-electron chi connectivity index (χ3n) is 5.00. The van der Waals surface area contributed by atoms with Crippen LogP contribution in [0.25, 0.3) is 5.69 Å². The van der Waals surface area contributed by atoms with Gasteiger partial charge in [0.25, 0.3) is 5.91 Å². The molecular formula is C25H26N6O2S. The molecule has 0 saturated heterocycles. The van der Waals surface area contributed by atoms with Gasteiger partial charge in [0, 0.05) is 11.4 Å². The van der Waals surface area contributed by atoms with Crippen molar-refractivity contribution in [1.82, 2.24) is 20.2 Å². The van der Waals surface area contributed by atoms with Crippen molar-refractivity contribution in [2.45, 2.75) is 37.7 Å². The minimum absolute atomic E-state index is 0.244. The molecule has 2 aromatic heterocycles. The Kier molecular flexibility index (Phi) is 7.44. The highest BCUT2D eigenvalue weighted by atomic mass is 32.2. The minimum atomic E-state index is -0.444. The van der Waals surface area contributed by atoms with Gasteiger partial charge in [-0.25, -0.2) is 5.43 Å². The van der Waals surface area contributed by atoms with Crippen LogP contribution in [-0.4, -0.2) is 32.1 Å². The van der Waals surface area contributed by atoms with Gasteiger partial charge in [0.15, 0.2) is 11.0 Å². The summed E-state index contributed by atoms with van der Waals surface area (Å²) in [5.41, 5.74) is 5.68. The lowest BCUT2D eigenvalue weighted by atomic mass is 10.2. The predicted molar refractivity (Wildman–Crippen MR) is 134 cm³/mol. The predicted octanol–water partition coefficient (Wildman–Crippen LogP) is 4.72. The summed E-state index contributed by atoms with van der Waals surface area (Å²) >= 11 is 1.32. The first-order valence-electron chi connectivity index (χ1n) is 10.9. The number of carbonyl (C=O) groups excluding carboxylic acids is 1. The lowest BCUT2D eigenvalue weighted by Gasteiger charge is -2.13. The number of hydrogen-bond acceptors (Lipinski definition) is 7. The number of hydrogen-bond donors (Lipinski definition) is 2. The Balaban J connectivity index is 1.47. The Morgan fingerprint density at radius 2 is 1.85 bits per heavy atom. The molecular weight excluding hydrogens is 448 g/mol. The van der Waals surface area contributed by atoms with E-state index in [2.05, 4.69) is 45.1 Å². The van der Waals surface area contributed by atoms with E-state index in [1.807, 2.05) is 60.0 Å². The summed E-state index contributed by atoms with van der Waals surface area (Å²) in [4.78, 5) is 12.6. The number of rotatable bonds is 9. The molecule has 1 atom stereocenters. The van der Waals surface area contributed by atoms with E-state index in [-0.39, 0.29) is 5.91 Å². The maximum atomic E-state index is 12.6. The van der Waals surface area contributed by atoms with E-state index in [1.54, 1.807) is 13.0 Å². The zero-order valence-corrected chi connectivity index (χ0v) is 20.0. The first-order valence-corrected chi connectivity index (χ1v) is 11.7. The summed E-state index contributed by atoms with van der Waals surface area (Å²) in [6.07, 6.45) is 1.48. The molecule has 0 spiro atoms. The molecule has 2 heterocycles. The molecule has 0 radical (unpaired) electrons. The fourth-order valence-corrected chi connectivity index (χ4v) is 4.05. The van der Waals surface area contributed by atoms with Crippen molar-refractivity contribution in [1.29, 1.82) is 0 Å². The number of nitrogens with one attached hydrogen (secondary N) is 2. The number of nitrogens with zero attached hydrogens (tertiary/aromatic N) is 4. The third kappa shape index (κ3) is 5.93. The second-order valence-corrected chi connectivity index (χ2v) is 9.04. The topological polar surface area (TPSA) is 97.3 Å². The van der Waals surface area contributed by atoms with Gasteiger partial charge >= 0.3 is 0 Å². The average molecular weight is 475 g/mol. The maximum absolute atomic E-state index is 12.6. The number of furan rings is 1. The van der Waals surface area contributed by atoms with E-state index < -0.39 is 5.25 Å². The molecule has 4 rings (SSSR count). The second-order valence-electron chi connectivity index (χ2n) is 7.73. The first-order chi connectivity index (χ1) is 16.5. The van der Waals surface area contributed by atoms with Crippen LogP contribution in [-0.2, 0) is 11.3 Å². The van der Waals surface area contributed by atoms with E-state index >= 15 is 0 Å². The lowest BCUT2D eigenvalue weighted by molar-refractivity contribution is -0.120. The van der Waals surface area contributed by atoms with Crippen LogP contribution in [0.3, 0.4) is 0 Å². The molecule has 0 saturated carbocycles. The first kappa shape index (κ1) is 23.3. The van der Waals surface area contributed by atoms with Gasteiger partial charge in [0.2, 0.25) is 0 Å². The zero-order chi connectivity index (χ0) is 23.9. The number of aromatic nitrogens is 3. The molecule has 1 amide bonds. The Bertz CT molecular complexity index is 1260. The zero-order valence-electron chi connectivity index (χ0n) is 19.2. The number of para-hydroxylation sites is 1. The van der Waals surface area contributed by atoms with Gasteiger partial charge in [-0.2, -0.15) is 5.10 Å². The van der Waals surface area contributed by atoms with Crippen LogP contribution < -0.4 is 10.7 Å². The molecule has 174 valence electrons. The van der Waals surface area contributed by atoms with E-state index in [1.165, 1.54) is 23.5 Å². The molecule has 2 N–H and O–H groups in total. The fourth-order valence-electron chi connectivity index (χ4n) is 3.16. The molecule has 8 nitrogen and oxygen atoms in total. The van der Waals surface area contributed by atoms with Crippen molar-refractivity contribution in [3.05, 3.63) is 89.6 Å². The quantitative estimate of drug-likeness (QED) is 0.207. The van der Waals surface area contributed by atoms with Crippen molar-refractivity contribution in [2.24, 2.45) is 5.10 Å². The van der Waals surface area contributed by atoms with E-state index in [4.69, 9.17) is 4.42 Å². The van der Waals surface area contributed by atoms with Crippen molar-refractivity contribution in [3.63, 3.8) is 0 Å². The van der Waals surface area contributed by atoms with Gasteiger partial charge in [-0.3, -0.25) is 9.36 Å². The van der Waals surface area contributed by atoms with Crippen LogP contribution in [0.15, 0.2) is 81.4 Å². The molecule has 9 heteroatoms. The number of amides is 1. The molecule has 0 unspecified atom stereocenters. The SMILES string of the molecule is Cc1ccc(NCc2nnc(S[C@@H](C)C(=O)N/N=C\c3ccc(C)o3)n2-c2ccccc2)cc1. The standard InChI is InChI=1S/C25H26N6O2S/c1-17-9-12-20(13-10-17)26-16-23-28-30-25(31(23)21-7-5-4-6-8-21)34-19(3)24(32)29-27-15-22-14-11-18(2)33-22/h4-15,19,26H,16H2,1-3H3,(H,29,32)/b27-15-/t19-/m0/s1. The van der Waals surface area contributed by atoms with Crippen LogP contribution >= 0.6 is 11.8 Å². The van der Waals surface area contributed by atoms with Crippen molar-refractivity contribution >= 4 is 29.6 Å². The summed E-state index contributed by atoms with van der Waals surface area (Å²) in [7, 11) is 0. The Morgan fingerprint density at radius 3 is 2.56 bits per heavy atom. The average Bonchev–Trinajstić information content (AvgIpc) is 3.44. The molecule has 0 aliphatic heterocycles. The molecule has 2 aromatic carbocycles. The largest absolute Gasteiger partial charge is 0.460 e. The summed E-state index contributed by atoms with van der Waals surface area (Å²) < 4.78 is 7.38. The molecule has 0 fully saturated rings. The maximum Gasteiger partial charge on any atom is 0.253 e. The number of anilines is 1. The van der Waals surface area contributed by atoms with Crippen LogP contribution in [0.1, 0.15) is 29.8 Å². The number of hydrazone groups is 1. The molecule has 34 heavy (non-hydrogen) atoms. The summed E-state index contributed by atoms with van der Waals surface area (Å²) in [5.74, 6) is 1.86. The number of carbonyl (C=O) groups is 1. The van der Waals surface area contributed by atoms with E-state index in [0.717, 1.165) is 23.0 Å². The lowest BCUT2D eigenvalue weighted by Crippen LogP contribution is -2.27. The number of thioether (sulfide) groups is 1. The second kappa shape index (κ2) is 10.8. The highest BCUT2D eigenvalue weighted by Gasteiger charge is 2.21. The molecule has 0 aliphatic rings. The van der Waals surface area contributed by atoms with Gasteiger partial charge < -0.3 is 9.73 Å². The van der Waals surface area contributed by atoms with Crippen LogP contribution in [0.5, 0.6) is 0 Å². The fraction of sp³-hybridized carbons (Fsp3) is 0.200. The molecule has 0 aliphatic carbocycles. The normalized spacial score (nSPS) is 12.1. The highest BCUT2D eigenvalue weighted by molar-refractivity contribution is 8.00. The van der Waals surface area contributed by atoms with Crippen molar-refractivity contribution < 1.29 is 9.21 Å². The minimum Gasteiger partial charge on any atom is -0.460 e. The van der Waals surface area contributed by atoms with Gasteiger partial charge in [0.1, 0.15) is 11.5 Å². The van der Waals surface area contributed by atoms with Gasteiger partial charge in [-0.15, -0.1) is 10.2 Å². The number of aryl methyl sites for hydroxylation is 2. The highest BCUT2D eigenvalue weighted by Crippen LogP contribution is 2.26. The van der Waals surface area contributed by atoms with Crippen molar-refractivity contribution in [3.8, 4) is 5.69 Å². The van der Waals surface area contributed by atoms with E-state index in [9.17, 15) is 4.79 Å². The van der Waals surface area contributed by atoms with Gasteiger partial charge in [0.05, 0.1) is 18.0 Å². The Labute approximate surface area is 202 Å². The molecule has 4 aromatic rings. The Hall–Kier alpha value is -3.85. The van der Waals surface area contributed by atoms with Gasteiger partial charge in [-0.1, -0.05) is 47.7 Å². The number of benzene rings is 2.